The number of halogens is 6. The number of nitrogens with two attached hydrogens (primary N) is 1. The molecule has 2 aromatic carbocycles. The minimum absolute atomic E-state index is 0.0463. The van der Waals surface area contributed by atoms with Gasteiger partial charge in [-0.25, -0.2) is 9.48 Å². The first-order chi connectivity index (χ1) is 17.3. The number of carbonyl (C=O) groups excluding carboxylic acids is 1. The highest BCUT2D eigenvalue weighted by atomic mass is 19.4. The van der Waals surface area contributed by atoms with E-state index < -0.39 is 29.9 Å². The van der Waals surface area contributed by atoms with E-state index in [2.05, 4.69) is 5.10 Å². The summed E-state index contributed by atoms with van der Waals surface area (Å²) in [6, 6.07) is 13.4. The molecular weight excluding hydrogens is 510 g/mol. The van der Waals surface area contributed by atoms with Gasteiger partial charge < -0.3 is 20.5 Å². The summed E-state index contributed by atoms with van der Waals surface area (Å²) in [5.41, 5.74) is 6.25. The molecule has 4 rings (SSSR count). The van der Waals surface area contributed by atoms with Crippen LogP contribution in [0.4, 0.5) is 32.0 Å². The molecular formula is C23H20F6N4O4. The Morgan fingerprint density at radius 3 is 2.03 bits per heavy atom. The number of amides is 1. The zero-order valence-corrected chi connectivity index (χ0v) is 19.1. The van der Waals surface area contributed by atoms with E-state index in [0.29, 0.717) is 23.7 Å². The normalized spacial score (nSPS) is 13.5. The second kappa shape index (κ2) is 10.5. The fraction of sp³-hybridized carbons (Fsp3) is 0.261. The Morgan fingerprint density at radius 1 is 1.03 bits per heavy atom. The first kappa shape index (κ1) is 27.5. The molecule has 0 saturated carbocycles. The Bertz CT molecular complexity index is 1270. The molecule has 37 heavy (non-hydrogen) atoms. The van der Waals surface area contributed by atoms with Crippen molar-refractivity contribution in [1.82, 2.24) is 9.78 Å². The molecule has 0 bridgehead atoms. The third-order valence-corrected chi connectivity index (χ3v) is 5.33. The van der Waals surface area contributed by atoms with Crippen LogP contribution < -0.4 is 15.4 Å². The predicted octanol–water partition coefficient (Wildman–Crippen LogP) is 4.19. The van der Waals surface area contributed by atoms with Gasteiger partial charge in [0, 0.05) is 24.3 Å². The van der Waals surface area contributed by atoms with Crippen molar-refractivity contribution >= 4 is 17.6 Å². The van der Waals surface area contributed by atoms with Crippen LogP contribution in [0.5, 0.6) is 5.75 Å². The molecule has 0 fully saturated rings. The van der Waals surface area contributed by atoms with Gasteiger partial charge in [0.2, 0.25) is 0 Å². The molecule has 1 aliphatic rings. The van der Waals surface area contributed by atoms with Crippen molar-refractivity contribution in [3.63, 3.8) is 0 Å². The summed E-state index contributed by atoms with van der Waals surface area (Å²) in [5.74, 6) is -2.74. The molecule has 1 aliphatic heterocycles. The molecule has 0 saturated heterocycles. The highest BCUT2D eigenvalue weighted by molar-refractivity contribution is 6.07. The SMILES string of the molecule is COc1ccc(-n2nc(C(F)(F)F)c3c2C(=O)N(c2ccc(CN)cc2)CC3)cc1.O=C(O)C(F)(F)F. The molecule has 3 aromatic rings. The number of nitrogens with zero attached hydrogens (tertiary/aromatic N) is 3. The van der Waals surface area contributed by atoms with Crippen molar-refractivity contribution in [1.29, 1.82) is 0 Å². The molecule has 2 heterocycles. The topological polar surface area (TPSA) is 111 Å². The van der Waals surface area contributed by atoms with Crippen LogP contribution in [0.25, 0.3) is 5.69 Å². The van der Waals surface area contributed by atoms with Crippen LogP contribution in [0.2, 0.25) is 0 Å². The van der Waals surface area contributed by atoms with E-state index in [1.54, 1.807) is 48.5 Å². The lowest BCUT2D eigenvalue weighted by Gasteiger charge is -2.28. The number of aromatic nitrogens is 2. The van der Waals surface area contributed by atoms with Gasteiger partial charge in [0.05, 0.1) is 12.8 Å². The summed E-state index contributed by atoms with van der Waals surface area (Å²) in [7, 11) is 1.49. The monoisotopic (exact) mass is 530 g/mol. The van der Waals surface area contributed by atoms with Gasteiger partial charge in [-0.1, -0.05) is 12.1 Å². The van der Waals surface area contributed by atoms with Crippen molar-refractivity contribution in [2.24, 2.45) is 5.73 Å². The summed E-state index contributed by atoms with van der Waals surface area (Å²) < 4.78 is 78.8. The lowest BCUT2D eigenvalue weighted by atomic mass is 10.0. The Balaban J connectivity index is 0.000000479. The number of hydrogen-bond donors (Lipinski definition) is 2. The van der Waals surface area contributed by atoms with E-state index in [1.165, 1.54) is 12.0 Å². The van der Waals surface area contributed by atoms with Crippen molar-refractivity contribution in [2.75, 3.05) is 18.6 Å². The average Bonchev–Trinajstić information content (AvgIpc) is 3.25. The van der Waals surface area contributed by atoms with Crippen LogP contribution in [0.1, 0.15) is 27.3 Å². The minimum atomic E-state index is -5.08. The molecule has 0 unspecified atom stereocenters. The summed E-state index contributed by atoms with van der Waals surface area (Å²) in [5, 5.41) is 10.9. The maximum atomic E-state index is 13.6. The standard InChI is InChI=1S/C21H19F3N4O2.C2HF3O2/c1-30-16-8-6-15(7-9-16)28-18-17(19(26-28)21(22,23)24)10-11-27(20(18)29)14-4-2-13(12-25)3-5-14;3-2(4,5)1(6)7/h2-9H,10-12,25H2,1H3;(H,6,7). The first-order valence-corrected chi connectivity index (χ1v) is 10.5. The van der Waals surface area contributed by atoms with Gasteiger partial charge in [-0.2, -0.15) is 31.4 Å². The van der Waals surface area contributed by atoms with E-state index in [-0.39, 0.29) is 24.2 Å². The number of fused-ring (bicyclic) bond motifs is 1. The highest BCUT2D eigenvalue weighted by Gasteiger charge is 2.43. The van der Waals surface area contributed by atoms with Gasteiger partial charge in [-0.3, -0.25) is 4.79 Å². The second-order valence-corrected chi connectivity index (χ2v) is 7.66. The molecule has 14 heteroatoms. The van der Waals surface area contributed by atoms with Crippen LogP contribution in [0.15, 0.2) is 48.5 Å². The van der Waals surface area contributed by atoms with Crippen LogP contribution >= 0.6 is 0 Å². The molecule has 1 amide bonds. The number of methoxy groups -OCH3 is 1. The Hall–Kier alpha value is -4.07. The van der Waals surface area contributed by atoms with Crippen molar-refractivity contribution in [3.05, 3.63) is 71.0 Å². The lowest BCUT2D eigenvalue weighted by molar-refractivity contribution is -0.192. The van der Waals surface area contributed by atoms with Crippen molar-refractivity contribution in [2.45, 2.75) is 25.3 Å². The zero-order chi connectivity index (χ0) is 27.5. The number of carbonyl (C=O) groups is 2. The van der Waals surface area contributed by atoms with Gasteiger partial charge >= 0.3 is 18.3 Å². The minimum Gasteiger partial charge on any atom is -0.497 e. The summed E-state index contributed by atoms with van der Waals surface area (Å²) in [6.07, 6.45) is -9.70. The Kier molecular flexibility index (Phi) is 7.81. The number of carboxylic acid groups (broad SMARTS) is 1. The van der Waals surface area contributed by atoms with Gasteiger partial charge in [0.1, 0.15) is 11.4 Å². The number of rotatable bonds is 4. The number of alkyl halides is 6. The predicted molar refractivity (Wildman–Crippen MR) is 119 cm³/mol. The molecule has 0 spiro atoms. The zero-order valence-electron chi connectivity index (χ0n) is 19.1. The van der Waals surface area contributed by atoms with E-state index in [1.807, 2.05) is 0 Å². The van der Waals surface area contributed by atoms with E-state index in [0.717, 1.165) is 10.2 Å². The van der Waals surface area contributed by atoms with Crippen molar-refractivity contribution in [3.8, 4) is 11.4 Å². The van der Waals surface area contributed by atoms with Gasteiger partial charge in [-0.15, -0.1) is 0 Å². The van der Waals surface area contributed by atoms with Crippen LogP contribution in [-0.2, 0) is 23.9 Å². The lowest BCUT2D eigenvalue weighted by Crippen LogP contribution is -2.39. The molecule has 3 N–H and O–H groups in total. The third kappa shape index (κ3) is 6.02. The van der Waals surface area contributed by atoms with Crippen LogP contribution in [0.3, 0.4) is 0 Å². The quantitative estimate of drug-likeness (QED) is 0.490. The Morgan fingerprint density at radius 2 is 1.57 bits per heavy atom. The molecule has 1 aromatic heterocycles. The number of benzene rings is 2. The molecule has 198 valence electrons. The van der Waals surface area contributed by atoms with E-state index in [9.17, 15) is 31.1 Å². The molecule has 8 nitrogen and oxygen atoms in total. The number of ether oxygens (including phenoxy) is 1. The summed E-state index contributed by atoms with van der Waals surface area (Å²) in [6.45, 7) is 0.489. The number of hydrogen-bond acceptors (Lipinski definition) is 5. The molecule has 0 radical (unpaired) electrons. The largest absolute Gasteiger partial charge is 0.497 e. The summed E-state index contributed by atoms with van der Waals surface area (Å²) >= 11 is 0. The van der Waals surface area contributed by atoms with E-state index in [4.69, 9.17) is 20.4 Å². The number of carboxylic acids is 1. The highest BCUT2D eigenvalue weighted by Crippen LogP contribution is 2.37. The fourth-order valence-corrected chi connectivity index (χ4v) is 3.56. The van der Waals surface area contributed by atoms with Crippen LogP contribution in [-0.4, -0.2) is 46.6 Å². The average molecular weight is 530 g/mol. The number of aliphatic carboxylic acids is 1. The molecule has 0 aliphatic carbocycles. The second-order valence-electron chi connectivity index (χ2n) is 7.66. The van der Waals surface area contributed by atoms with Crippen LogP contribution in [0, 0.1) is 0 Å². The molecule has 0 atom stereocenters. The summed E-state index contributed by atoms with van der Waals surface area (Å²) in [4.78, 5) is 23.6. The van der Waals surface area contributed by atoms with Gasteiger partial charge in [0.15, 0.2) is 5.69 Å². The smallest absolute Gasteiger partial charge is 0.490 e. The Labute approximate surface area is 205 Å². The third-order valence-electron chi connectivity index (χ3n) is 5.33. The van der Waals surface area contributed by atoms with Gasteiger partial charge in [-0.05, 0) is 48.4 Å². The fourth-order valence-electron chi connectivity index (χ4n) is 3.56. The number of anilines is 1. The van der Waals surface area contributed by atoms with E-state index >= 15 is 0 Å². The maximum absolute atomic E-state index is 13.6. The first-order valence-electron chi connectivity index (χ1n) is 10.5. The van der Waals surface area contributed by atoms with Gasteiger partial charge in [0.25, 0.3) is 5.91 Å². The maximum Gasteiger partial charge on any atom is 0.490 e. The van der Waals surface area contributed by atoms with Crippen molar-refractivity contribution < 1.29 is 45.8 Å².